The van der Waals surface area contributed by atoms with Gasteiger partial charge < -0.3 is 9.80 Å². The predicted molar refractivity (Wildman–Crippen MR) is 107 cm³/mol. The second kappa shape index (κ2) is 8.74. The molecule has 0 atom stereocenters. The Morgan fingerprint density at radius 1 is 1.11 bits per heavy atom. The molecule has 2 heterocycles. The Labute approximate surface area is 164 Å². The van der Waals surface area contributed by atoms with Crippen molar-refractivity contribution in [1.29, 1.82) is 0 Å². The van der Waals surface area contributed by atoms with E-state index in [0.29, 0.717) is 5.69 Å². The summed E-state index contributed by atoms with van der Waals surface area (Å²) in [4.78, 5) is 6.53. The zero-order valence-electron chi connectivity index (χ0n) is 16.0. The average Bonchev–Trinajstić information content (AvgIpc) is 2.64. The molecule has 2 aliphatic rings. The molecule has 1 aromatic rings. The number of nitrogens with zero attached hydrogens (tertiary/aromatic N) is 2. The summed E-state index contributed by atoms with van der Waals surface area (Å²) in [5.74, 6) is 0. The maximum atomic E-state index is 13.2. The second-order valence-electron chi connectivity index (χ2n) is 7.14. The Bertz CT molecular complexity index is 719. The predicted octanol–water partition coefficient (Wildman–Crippen LogP) is 6.30. The zero-order chi connectivity index (χ0) is 19.4. The first-order chi connectivity index (χ1) is 12.9. The third-order valence-corrected chi connectivity index (χ3v) is 6.40. The number of fused-ring (bicyclic) bond motifs is 1. The van der Waals surface area contributed by atoms with Crippen molar-refractivity contribution >= 4 is 17.4 Å². The monoisotopic (exact) mass is 396 g/mol. The number of rotatable bonds is 5. The van der Waals surface area contributed by atoms with Crippen LogP contribution in [0.4, 0.5) is 18.9 Å². The van der Waals surface area contributed by atoms with E-state index in [9.17, 15) is 13.2 Å². The highest BCUT2D eigenvalue weighted by Crippen LogP contribution is 2.46. The normalized spacial score (nSPS) is 19.1. The average molecular weight is 397 g/mol. The van der Waals surface area contributed by atoms with Gasteiger partial charge in [0.15, 0.2) is 0 Å². The Balaban J connectivity index is 1.82. The van der Waals surface area contributed by atoms with Gasteiger partial charge in [0.05, 0.1) is 11.3 Å². The van der Waals surface area contributed by atoms with Crippen LogP contribution in [0.3, 0.4) is 0 Å². The molecule has 3 rings (SSSR count). The van der Waals surface area contributed by atoms with Crippen LogP contribution in [0.1, 0.15) is 45.1 Å². The summed E-state index contributed by atoms with van der Waals surface area (Å²) in [7, 11) is 0. The van der Waals surface area contributed by atoms with Crippen LogP contribution in [0.2, 0.25) is 0 Å². The fourth-order valence-electron chi connectivity index (χ4n) is 3.73. The van der Waals surface area contributed by atoms with Crippen LogP contribution in [0.5, 0.6) is 0 Å². The van der Waals surface area contributed by atoms with Crippen molar-refractivity contribution in [3.8, 4) is 0 Å². The molecule has 0 bridgehead atoms. The molecule has 2 nitrogen and oxygen atoms in total. The molecule has 1 saturated heterocycles. The highest BCUT2D eigenvalue weighted by Gasteiger charge is 2.33. The quantitative estimate of drug-likeness (QED) is 0.576. The fraction of sp³-hybridized carbons (Fsp3) is 0.524. The van der Waals surface area contributed by atoms with Crippen molar-refractivity contribution < 1.29 is 13.2 Å². The van der Waals surface area contributed by atoms with Crippen LogP contribution in [-0.4, -0.2) is 31.1 Å². The lowest BCUT2D eigenvalue weighted by atomic mass is 10.1. The van der Waals surface area contributed by atoms with Gasteiger partial charge in [0.2, 0.25) is 0 Å². The number of benzene rings is 1. The zero-order valence-corrected chi connectivity index (χ0v) is 16.8. The van der Waals surface area contributed by atoms with Crippen molar-refractivity contribution in [1.82, 2.24) is 4.90 Å². The van der Waals surface area contributed by atoms with Crippen molar-refractivity contribution in [2.24, 2.45) is 0 Å². The van der Waals surface area contributed by atoms with E-state index in [-0.39, 0.29) is 0 Å². The highest BCUT2D eigenvalue weighted by molar-refractivity contribution is 8.03. The Kier molecular flexibility index (Phi) is 6.58. The first-order valence-electron chi connectivity index (χ1n) is 9.62. The van der Waals surface area contributed by atoms with Gasteiger partial charge in [0.1, 0.15) is 0 Å². The molecule has 0 aromatic heterocycles. The van der Waals surface area contributed by atoms with E-state index in [1.54, 1.807) is 17.8 Å². The Hall–Kier alpha value is -1.40. The van der Waals surface area contributed by atoms with Gasteiger partial charge in [-0.2, -0.15) is 13.2 Å². The fourth-order valence-corrected chi connectivity index (χ4v) is 4.84. The highest BCUT2D eigenvalue weighted by atomic mass is 32.2. The van der Waals surface area contributed by atoms with Crippen molar-refractivity contribution in [3.05, 3.63) is 46.5 Å². The third kappa shape index (κ3) is 4.91. The van der Waals surface area contributed by atoms with Gasteiger partial charge in [0, 0.05) is 22.0 Å². The SMILES string of the molecule is C/C=C\C1=C(C)N(CCCN2CCCCC2)c2cc(C(F)(F)F)ccc2S1. The minimum absolute atomic E-state index is 0.579. The van der Waals surface area contributed by atoms with E-state index in [2.05, 4.69) is 9.80 Å². The number of halogens is 3. The topological polar surface area (TPSA) is 6.48 Å². The van der Waals surface area contributed by atoms with Crippen LogP contribution in [0, 0.1) is 0 Å². The van der Waals surface area contributed by atoms with Crippen molar-refractivity contribution in [3.63, 3.8) is 0 Å². The molecule has 0 radical (unpaired) electrons. The molecular weight excluding hydrogens is 369 g/mol. The standard InChI is InChI=1S/C21H27F3N2S/c1-3-8-19-16(2)26(14-7-13-25-11-5-4-6-12-25)18-15-17(21(22,23)24)9-10-20(18)27-19/h3,8-10,15H,4-7,11-14H2,1-2H3/b8-3-. The van der Waals surface area contributed by atoms with Crippen LogP contribution in [-0.2, 0) is 6.18 Å². The van der Waals surface area contributed by atoms with Crippen LogP contribution in [0.15, 0.2) is 45.8 Å². The summed E-state index contributed by atoms with van der Waals surface area (Å²) in [5.41, 5.74) is 1.13. The number of anilines is 1. The van der Waals surface area contributed by atoms with Gasteiger partial charge in [-0.15, -0.1) is 0 Å². The minimum Gasteiger partial charge on any atom is -0.343 e. The first kappa shape index (κ1) is 20.3. The molecule has 0 spiro atoms. The molecule has 1 aromatic carbocycles. The summed E-state index contributed by atoms with van der Waals surface area (Å²) in [6, 6.07) is 4.10. The molecule has 6 heteroatoms. The maximum absolute atomic E-state index is 13.2. The van der Waals surface area contributed by atoms with Gasteiger partial charge in [-0.1, -0.05) is 30.3 Å². The smallest absolute Gasteiger partial charge is 0.343 e. The van der Waals surface area contributed by atoms with Crippen molar-refractivity contribution in [2.45, 2.75) is 50.6 Å². The van der Waals surface area contributed by atoms with E-state index in [1.165, 1.54) is 31.4 Å². The maximum Gasteiger partial charge on any atom is 0.416 e. The lowest BCUT2D eigenvalue weighted by Gasteiger charge is -2.34. The lowest BCUT2D eigenvalue weighted by molar-refractivity contribution is -0.137. The number of allylic oxidation sites excluding steroid dienone is 3. The van der Waals surface area contributed by atoms with Gasteiger partial charge >= 0.3 is 6.18 Å². The molecule has 148 valence electrons. The second-order valence-corrected chi connectivity index (χ2v) is 8.22. The van der Waals surface area contributed by atoms with E-state index in [0.717, 1.165) is 48.1 Å². The van der Waals surface area contributed by atoms with Crippen molar-refractivity contribution in [2.75, 3.05) is 31.1 Å². The molecular formula is C21H27F3N2S. The molecule has 1 fully saturated rings. The lowest BCUT2D eigenvalue weighted by Crippen LogP contribution is -2.33. The number of hydrogen-bond donors (Lipinski definition) is 0. The molecule has 0 aliphatic carbocycles. The molecule has 0 N–H and O–H groups in total. The van der Waals surface area contributed by atoms with E-state index in [1.807, 2.05) is 26.0 Å². The molecule has 2 aliphatic heterocycles. The number of likely N-dealkylation sites (tertiary alicyclic amines) is 1. The van der Waals surface area contributed by atoms with Crippen LogP contribution >= 0.6 is 11.8 Å². The summed E-state index contributed by atoms with van der Waals surface area (Å²) < 4.78 is 39.7. The molecule has 0 saturated carbocycles. The van der Waals surface area contributed by atoms with E-state index in [4.69, 9.17) is 0 Å². The number of hydrogen-bond acceptors (Lipinski definition) is 3. The Morgan fingerprint density at radius 3 is 2.52 bits per heavy atom. The number of alkyl halides is 3. The van der Waals surface area contributed by atoms with Crippen LogP contribution < -0.4 is 4.90 Å². The van der Waals surface area contributed by atoms with E-state index >= 15 is 0 Å². The van der Waals surface area contributed by atoms with E-state index < -0.39 is 11.7 Å². The summed E-state index contributed by atoms with van der Waals surface area (Å²) in [5, 5.41) is 0. The largest absolute Gasteiger partial charge is 0.416 e. The third-order valence-electron chi connectivity index (χ3n) is 5.18. The van der Waals surface area contributed by atoms with Gasteiger partial charge in [-0.25, -0.2) is 0 Å². The number of thioether (sulfide) groups is 1. The summed E-state index contributed by atoms with van der Waals surface area (Å²) in [6.07, 6.45) is 4.46. The minimum atomic E-state index is -4.32. The summed E-state index contributed by atoms with van der Waals surface area (Å²) >= 11 is 1.55. The molecule has 27 heavy (non-hydrogen) atoms. The van der Waals surface area contributed by atoms with Gasteiger partial charge in [-0.05, 0) is 70.9 Å². The van der Waals surface area contributed by atoms with Gasteiger partial charge in [-0.3, -0.25) is 0 Å². The first-order valence-corrected chi connectivity index (χ1v) is 10.4. The summed E-state index contributed by atoms with van der Waals surface area (Å²) in [6.45, 7) is 7.99. The van der Waals surface area contributed by atoms with Crippen LogP contribution in [0.25, 0.3) is 0 Å². The number of piperidine rings is 1. The molecule has 0 amide bonds. The Morgan fingerprint density at radius 2 is 1.85 bits per heavy atom. The van der Waals surface area contributed by atoms with Gasteiger partial charge in [0.25, 0.3) is 0 Å². The molecule has 0 unspecified atom stereocenters.